The fourth-order valence-corrected chi connectivity index (χ4v) is 2.00. The molecule has 2 heterocycles. The Kier molecular flexibility index (Phi) is 3.57. The van der Waals surface area contributed by atoms with E-state index in [9.17, 15) is 4.79 Å². The summed E-state index contributed by atoms with van der Waals surface area (Å²) in [4.78, 5) is 11.6. The van der Waals surface area contributed by atoms with E-state index in [4.69, 9.17) is 16.3 Å². The highest BCUT2D eigenvalue weighted by molar-refractivity contribution is 6.30. The molecule has 108 valence electrons. The third-order valence-electron chi connectivity index (χ3n) is 2.83. The minimum absolute atomic E-state index is 0.160. The first-order valence-electron chi connectivity index (χ1n) is 6.29. The number of amides is 1. The third kappa shape index (κ3) is 3.03. The van der Waals surface area contributed by atoms with Gasteiger partial charge in [-0.15, -0.1) is 10.2 Å². The summed E-state index contributed by atoms with van der Waals surface area (Å²) >= 11 is 5.81. The zero-order chi connectivity index (χ0) is 14.8. The van der Waals surface area contributed by atoms with Crippen LogP contribution in [0, 0.1) is 0 Å². The highest BCUT2D eigenvalue weighted by Gasteiger charge is 2.19. The fourth-order valence-electron chi connectivity index (χ4n) is 1.87. The van der Waals surface area contributed by atoms with Crippen molar-refractivity contribution in [2.75, 3.05) is 5.32 Å². The third-order valence-corrected chi connectivity index (χ3v) is 3.08. The number of nitrogens with zero attached hydrogens (tertiary/aromatic N) is 4. The predicted octanol–water partition coefficient (Wildman–Crippen LogP) is 2.08. The summed E-state index contributed by atoms with van der Waals surface area (Å²) in [7, 11) is 0. The summed E-state index contributed by atoms with van der Waals surface area (Å²) in [5.74, 6) is 1.30. The topological polar surface area (TPSA) is 81.4 Å². The van der Waals surface area contributed by atoms with Gasteiger partial charge in [0.1, 0.15) is 12.4 Å². The molecule has 1 aromatic heterocycles. The Morgan fingerprint density at radius 2 is 2.10 bits per heavy atom. The summed E-state index contributed by atoms with van der Waals surface area (Å²) in [6.07, 6.45) is 0.237. The van der Waals surface area contributed by atoms with E-state index in [1.807, 2.05) is 0 Å². The number of hydrogen-bond acceptors (Lipinski definition) is 5. The van der Waals surface area contributed by atoms with E-state index in [1.54, 1.807) is 31.2 Å². The summed E-state index contributed by atoms with van der Waals surface area (Å²) in [6.45, 7) is 1.96. The van der Waals surface area contributed by atoms with Crippen molar-refractivity contribution in [3.63, 3.8) is 0 Å². The molecule has 1 aliphatic rings. The van der Waals surface area contributed by atoms with Gasteiger partial charge in [-0.05, 0) is 31.2 Å². The van der Waals surface area contributed by atoms with Crippen molar-refractivity contribution < 1.29 is 9.53 Å². The molecule has 0 saturated carbocycles. The molecule has 0 fully saturated rings. The van der Waals surface area contributed by atoms with Crippen molar-refractivity contribution in [2.45, 2.75) is 20.0 Å². The van der Waals surface area contributed by atoms with Crippen LogP contribution in [0.15, 0.2) is 29.4 Å². The van der Waals surface area contributed by atoms with Crippen LogP contribution in [0.3, 0.4) is 0 Å². The minimum Gasteiger partial charge on any atom is -0.486 e. The Labute approximate surface area is 125 Å². The van der Waals surface area contributed by atoms with E-state index in [2.05, 4.69) is 20.6 Å². The molecule has 1 amide bonds. The standard InChI is InChI=1S/C13H12ClN5O2/c1-8-6-12(20)15-13-17-16-11(19(13)18-8)7-21-10-4-2-9(14)3-5-10/h2-5H,6-7H2,1H3,(H,15,17,20). The van der Waals surface area contributed by atoms with Gasteiger partial charge < -0.3 is 4.74 Å². The molecule has 0 radical (unpaired) electrons. The van der Waals surface area contributed by atoms with Crippen LogP contribution >= 0.6 is 11.6 Å². The van der Waals surface area contributed by atoms with E-state index >= 15 is 0 Å². The highest BCUT2D eigenvalue weighted by Crippen LogP contribution is 2.18. The first kappa shape index (κ1) is 13.6. The molecule has 21 heavy (non-hydrogen) atoms. The smallest absolute Gasteiger partial charge is 0.252 e. The van der Waals surface area contributed by atoms with Gasteiger partial charge in [-0.1, -0.05) is 11.6 Å². The Balaban J connectivity index is 1.79. The molecule has 1 N–H and O–H groups in total. The van der Waals surface area contributed by atoms with Gasteiger partial charge in [-0.3, -0.25) is 10.1 Å². The number of fused-ring (bicyclic) bond motifs is 1. The Bertz CT molecular complexity index is 708. The maximum Gasteiger partial charge on any atom is 0.252 e. The zero-order valence-electron chi connectivity index (χ0n) is 11.2. The molecule has 0 unspecified atom stereocenters. The van der Waals surface area contributed by atoms with Crippen molar-refractivity contribution in [1.29, 1.82) is 0 Å². The average Bonchev–Trinajstić information content (AvgIpc) is 2.73. The number of ether oxygens (including phenoxy) is 1. The number of hydrogen-bond donors (Lipinski definition) is 1. The minimum atomic E-state index is -0.160. The van der Waals surface area contributed by atoms with Gasteiger partial charge in [0, 0.05) is 10.7 Å². The number of rotatable bonds is 3. The Hall–Kier alpha value is -2.41. The summed E-state index contributed by atoms with van der Waals surface area (Å²) in [6, 6.07) is 7.00. The van der Waals surface area contributed by atoms with Crippen LogP contribution in [0.2, 0.25) is 5.02 Å². The van der Waals surface area contributed by atoms with Crippen LogP contribution in [0.4, 0.5) is 5.95 Å². The molecule has 0 aliphatic carbocycles. The molecule has 1 aliphatic heterocycles. The molecular formula is C13H12ClN5O2. The van der Waals surface area contributed by atoms with Crippen LogP contribution in [0.25, 0.3) is 0 Å². The number of carbonyl (C=O) groups is 1. The fraction of sp³-hybridized carbons (Fsp3) is 0.231. The van der Waals surface area contributed by atoms with Crippen LogP contribution in [0.5, 0.6) is 5.75 Å². The quantitative estimate of drug-likeness (QED) is 0.941. The first-order valence-corrected chi connectivity index (χ1v) is 6.66. The lowest BCUT2D eigenvalue weighted by molar-refractivity contribution is -0.115. The second-order valence-electron chi connectivity index (χ2n) is 4.55. The lowest BCUT2D eigenvalue weighted by atomic mass is 10.3. The number of benzene rings is 1. The van der Waals surface area contributed by atoms with Crippen molar-refractivity contribution in [2.24, 2.45) is 5.10 Å². The van der Waals surface area contributed by atoms with Gasteiger partial charge in [-0.25, -0.2) is 0 Å². The number of halogens is 1. The van der Waals surface area contributed by atoms with E-state index in [0.29, 0.717) is 28.3 Å². The van der Waals surface area contributed by atoms with Crippen molar-refractivity contribution in [3.05, 3.63) is 35.1 Å². The van der Waals surface area contributed by atoms with Gasteiger partial charge in [0.2, 0.25) is 5.91 Å². The summed E-state index contributed by atoms with van der Waals surface area (Å²) < 4.78 is 7.09. The average molecular weight is 306 g/mol. The summed E-state index contributed by atoms with van der Waals surface area (Å²) in [5.41, 5.74) is 0.679. The van der Waals surface area contributed by atoms with Crippen LogP contribution < -0.4 is 10.1 Å². The SMILES string of the molecule is CC1=Nn2c(COc3ccc(Cl)cc3)nnc2NC(=O)C1. The monoisotopic (exact) mass is 305 g/mol. The Morgan fingerprint density at radius 1 is 1.33 bits per heavy atom. The molecule has 2 aromatic rings. The van der Waals surface area contributed by atoms with Crippen molar-refractivity contribution in [1.82, 2.24) is 14.9 Å². The second-order valence-corrected chi connectivity index (χ2v) is 4.99. The van der Waals surface area contributed by atoms with E-state index in [0.717, 1.165) is 0 Å². The van der Waals surface area contributed by atoms with E-state index < -0.39 is 0 Å². The van der Waals surface area contributed by atoms with E-state index in [1.165, 1.54) is 4.68 Å². The Morgan fingerprint density at radius 3 is 2.86 bits per heavy atom. The molecule has 0 saturated heterocycles. The first-order chi connectivity index (χ1) is 10.1. The van der Waals surface area contributed by atoms with Gasteiger partial charge in [0.05, 0.1) is 6.42 Å². The van der Waals surface area contributed by atoms with Gasteiger partial charge in [0.15, 0.2) is 5.82 Å². The normalized spacial score (nSPS) is 14.0. The molecule has 1 aromatic carbocycles. The number of aromatic nitrogens is 3. The molecular weight excluding hydrogens is 294 g/mol. The second kappa shape index (κ2) is 5.53. The van der Waals surface area contributed by atoms with Crippen molar-refractivity contribution in [3.8, 4) is 5.75 Å². The molecule has 0 bridgehead atoms. The zero-order valence-corrected chi connectivity index (χ0v) is 12.0. The molecule has 0 spiro atoms. The maximum absolute atomic E-state index is 11.6. The number of nitrogens with one attached hydrogen (secondary N) is 1. The molecule has 8 heteroatoms. The highest BCUT2D eigenvalue weighted by atomic mass is 35.5. The van der Waals surface area contributed by atoms with Gasteiger partial charge in [-0.2, -0.15) is 9.78 Å². The van der Waals surface area contributed by atoms with Gasteiger partial charge >= 0.3 is 0 Å². The van der Waals surface area contributed by atoms with Crippen LogP contribution in [-0.4, -0.2) is 26.5 Å². The molecule has 7 nitrogen and oxygen atoms in total. The molecule has 3 rings (SSSR count). The van der Waals surface area contributed by atoms with Crippen LogP contribution in [-0.2, 0) is 11.4 Å². The predicted molar refractivity (Wildman–Crippen MR) is 77.6 cm³/mol. The lowest BCUT2D eigenvalue weighted by Crippen LogP contribution is -2.13. The van der Waals surface area contributed by atoms with Crippen molar-refractivity contribution >= 4 is 29.2 Å². The number of anilines is 1. The van der Waals surface area contributed by atoms with E-state index in [-0.39, 0.29) is 18.9 Å². The summed E-state index contributed by atoms with van der Waals surface area (Å²) in [5, 5.41) is 15.5. The molecule has 0 atom stereocenters. The van der Waals surface area contributed by atoms with Crippen LogP contribution in [0.1, 0.15) is 19.2 Å². The largest absolute Gasteiger partial charge is 0.486 e. The number of carbonyl (C=O) groups excluding carboxylic acids is 1. The lowest BCUT2D eigenvalue weighted by Gasteiger charge is -2.06. The van der Waals surface area contributed by atoms with Gasteiger partial charge in [0.25, 0.3) is 5.95 Å². The maximum atomic E-state index is 11.6.